The smallest absolute Gasteiger partial charge is 0.251 e. The molecule has 1 aliphatic heterocycles. The van der Waals surface area contributed by atoms with E-state index in [1.807, 2.05) is 6.92 Å². The van der Waals surface area contributed by atoms with Crippen LogP contribution in [0.3, 0.4) is 0 Å². The van der Waals surface area contributed by atoms with Crippen molar-refractivity contribution in [1.29, 1.82) is 0 Å². The fourth-order valence-corrected chi connectivity index (χ4v) is 2.00. The van der Waals surface area contributed by atoms with E-state index in [1.165, 1.54) is 0 Å². The van der Waals surface area contributed by atoms with Gasteiger partial charge in [-0.1, -0.05) is 26.7 Å². The van der Waals surface area contributed by atoms with Gasteiger partial charge in [-0.2, -0.15) is 0 Å². The largest absolute Gasteiger partial charge is 0.342 e. The van der Waals surface area contributed by atoms with Gasteiger partial charge in [-0.15, -0.1) is 0 Å². The van der Waals surface area contributed by atoms with Crippen LogP contribution in [0.25, 0.3) is 0 Å². The van der Waals surface area contributed by atoms with Crippen LogP contribution in [0, 0.1) is 5.92 Å². The summed E-state index contributed by atoms with van der Waals surface area (Å²) in [5.74, 6) is -2.54. The van der Waals surface area contributed by atoms with Gasteiger partial charge in [-0.25, -0.2) is 8.78 Å². The number of amides is 1. The minimum atomic E-state index is -2.57. The third-order valence-electron chi connectivity index (χ3n) is 3.22. The second-order valence-electron chi connectivity index (χ2n) is 4.72. The molecule has 94 valence electrons. The molecule has 1 heterocycles. The number of nitrogens with zero attached hydrogens (tertiary/aromatic N) is 1. The average Bonchev–Trinajstić information content (AvgIpc) is 2.25. The van der Waals surface area contributed by atoms with Gasteiger partial charge in [0.15, 0.2) is 0 Å². The Morgan fingerprint density at radius 1 is 1.38 bits per heavy atom. The Morgan fingerprint density at radius 3 is 2.44 bits per heavy atom. The molecule has 0 spiro atoms. The van der Waals surface area contributed by atoms with Crippen molar-refractivity contribution < 1.29 is 13.6 Å². The predicted molar refractivity (Wildman–Crippen MR) is 59.5 cm³/mol. The lowest BCUT2D eigenvalue weighted by molar-refractivity contribution is -0.141. The molecule has 1 aliphatic rings. The number of hydrogen-bond acceptors (Lipinski definition) is 1. The standard InChI is InChI=1S/C12H21F2NO/c1-3-4-5-10(2)11(16)15-8-6-12(13,14)7-9-15/h10H,3-9H2,1-2H3. The van der Waals surface area contributed by atoms with Crippen molar-refractivity contribution in [2.45, 2.75) is 51.9 Å². The fraction of sp³-hybridized carbons (Fsp3) is 0.917. The number of piperidine rings is 1. The van der Waals surface area contributed by atoms with E-state index in [0.717, 1.165) is 19.3 Å². The molecule has 0 aliphatic carbocycles. The zero-order chi connectivity index (χ0) is 12.2. The Balaban J connectivity index is 2.38. The summed E-state index contributed by atoms with van der Waals surface area (Å²) in [6.07, 6.45) is 2.59. The molecule has 1 saturated heterocycles. The zero-order valence-electron chi connectivity index (χ0n) is 10.1. The molecule has 0 aromatic rings. The monoisotopic (exact) mass is 233 g/mol. The number of unbranched alkanes of at least 4 members (excludes halogenated alkanes) is 1. The number of carbonyl (C=O) groups excluding carboxylic acids is 1. The summed E-state index contributed by atoms with van der Waals surface area (Å²) in [5, 5.41) is 0. The minimum Gasteiger partial charge on any atom is -0.342 e. The Hall–Kier alpha value is -0.670. The van der Waals surface area contributed by atoms with Gasteiger partial charge >= 0.3 is 0 Å². The highest BCUT2D eigenvalue weighted by Gasteiger charge is 2.36. The van der Waals surface area contributed by atoms with Crippen LogP contribution in [0.5, 0.6) is 0 Å². The lowest BCUT2D eigenvalue weighted by Gasteiger charge is -2.33. The van der Waals surface area contributed by atoms with Crippen molar-refractivity contribution in [2.75, 3.05) is 13.1 Å². The molecular weight excluding hydrogens is 212 g/mol. The van der Waals surface area contributed by atoms with E-state index < -0.39 is 5.92 Å². The van der Waals surface area contributed by atoms with Crippen LogP contribution in [0.1, 0.15) is 46.0 Å². The molecular formula is C12H21F2NO. The summed E-state index contributed by atoms with van der Waals surface area (Å²) in [6.45, 7) is 4.40. The number of alkyl halides is 2. The molecule has 4 heteroatoms. The second-order valence-corrected chi connectivity index (χ2v) is 4.72. The van der Waals surface area contributed by atoms with Gasteiger partial charge in [0.25, 0.3) is 5.92 Å². The molecule has 0 aromatic heterocycles. The van der Waals surface area contributed by atoms with Gasteiger partial charge in [0, 0.05) is 31.8 Å². The normalized spacial score (nSPS) is 21.9. The van der Waals surface area contributed by atoms with Crippen molar-refractivity contribution in [3.8, 4) is 0 Å². The highest BCUT2D eigenvalue weighted by atomic mass is 19.3. The van der Waals surface area contributed by atoms with Gasteiger partial charge in [0.2, 0.25) is 5.91 Å². The molecule has 0 saturated carbocycles. The first-order valence-electron chi connectivity index (χ1n) is 6.13. The Morgan fingerprint density at radius 2 is 1.94 bits per heavy atom. The third-order valence-corrected chi connectivity index (χ3v) is 3.22. The average molecular weight is 233 g/mol. The maximum absolute atomic E-state index is 12.9. The summed E-state index contributed by atoms with van der Waals surface area (Å²) < 4.78 is 25.8. The van der Waals surface area contributed by atoms with Crippen LogP contribution in [0.4, 0.5) is 8.78 Å². The molecule has 0 N–H and O–H groups in total. The van der Waals surface area contributed by atoms with Crippen LogP contribution < -0.4 is 0 Å². The summed E-state index contributed by atoms with van der Waals surface area (Å²) in [4.78, 5) is 13.5. The maximum atomic E-state index is 12.9. The highest BCUT2D eigenvalue weighted by Crippen LogP contribution is 2.28. The lowest BCUT2D eigenvalue weighted by atomic mass is 10.00. The maximum Gasteiger partial charge on any atom is 0.251 e. The van der Waals surface area contributed by atoms with Crippen molar-refractivity contribution >= 4 is 5.91 Å². The van der Waals surface area contributed by atoms with E-state index in [0.29, 0.717) is 0 Å². The topological polar surface area (TPSA) is 20.3 Å². The first-order valence-corrected chi connectivity index (χ1v) is 6.13. The number of halogens is 2. The molecule has 1 fully saturated rings. The number of rotatable bonds is 4. The first kappa shape index (κ1) is 13.4. The Labute approximate surface area is 96.0 Å². The number of likely N-dealkylation sites (tertiary alicyclic amines) is 1. The summed E-state index contributed by atoms with van der Waals surface area (Å²) >= 11 is 0. The highest BCUT2D eigenvalue weighted by molar-refractivity contribution is 5.78. The van der Waals surface area contributed by atoms with Crippen LogP contribution in [-0.2, 0) is 4.79 Å². The second kappa shape index (κ2) is 5.60. The molecule has 0 radical (unpaired) electrons. The van der Waals surface area contributed by atoms with Gasteiger partial charge in [0.1, 0.15) is 0 Å². The lowest BCUT2D eigenvalue weighted by Crippen LogP contribution is -2.44. The number of carbonyl (C=O) groups is 1. The van der Waals surface area contributed by atoms with E-state index in [1.54, 1.807) is 4.90 Å². The quantitative estimate of drug-likeness (QED) is 0.730. The molecule has 1 rings (SSSR count). The fourth-order valence-electron chi connectivity index (χ4n) is 2.00. The van der Waals surface area contributed by atoms with E-state index >= 15 is 0 Å². The van der Waals surface area contributed by atoms with Crippen molar-refractivity contribution in [1.82, 2.24) is 4.90 Å². The van der Waals surface area contributed by atoms with Crippen LogP contribution in [-0.4, -0.2) is 29.8 Å². The minimum absolute atomic E-state index is 0.0216. The van der Waals surface area contributed by atoms with Gasteiger partial charge in [-0.05, 0) is 6.42 Å². The van der Waals surface area contributed by atoms with E-state index in [4.69, 9.17) is 0 Å². The van der Waals surface area contributed by atoms with Crippen LogP contribution in [0.2, 0.25) is 0 Å². The molecule has 0 aromatic carbocycles. The molecule has 1 amide bonds. The Bertz CT molecular complexity index is 233. The SMILES string of the molecule is CCCCC(C)C(=O)N1CCC(F)(F)CC1. The Kier molecular flexibility index (Phi) is 4.69. The molecule has 1 unspecified atom stereocenters. The van der Waals surface area contributed by atoms with Gasteiger partial charge in [0.05, 0.1) is 0 Å². The van der Waals surface area contributed by atoms with Crippen molar-refractivity contribution in [3.63, 3.8) is 0 Å². The van der Waals surface area contributed by atoms with Gasteiger partial charge < -0.3 is 4.90 Å². The predicted octanol–water partition coefficient (Wildman–Crippen LogP) is 3.07. The summed E-state index contributed by atoms with van der Waals surface area (Å²) in [6, 6.07) is 0. The molecule has 16 heavy (non-hydrogen) atoms. The summed E-state index contributed by atoms with van der Waals surface area (Å²) in [7, 11) is 0. The van der Waals surface area contributed by atoms with E-state index in [-0.39, 0.29) is 37.8 Å². The van der Waals surface area contributed by atoms with E-state index in [2.05, 4.69) is 6.92 Å². The van der Waals surface area contributed by atoms with Crippen LogP contribution in [0.15, 0.2) is 0 Å². The number of hydrogen-bond donors (Lipinski definition) is 0. The van der Waals surface area contributed by atoms with E-state index in [9.17, 15) is 13.6 Å². The summed E-state index contributed by atoms with van der Waals surface area (Å²) in [5.41, 5.74) is 0. The molecule has 2 nitrogen and oxygen atoms in total. The third kappa shape index (κ3) is 3.72. The molecule has 1 atom stereocenters. The van der Waals surface area contributed by atoms with Crippen LogP contribution >= 0.6 is 0 Å². The van der Waals surface area contributed by atoms with Crippen molar-refractivity contribution in [3.05, 3.63) is 0 Å². The van der Waals surface area contributed by atoms with Gasteiger partial charge in [-0.3, -0.25) is 4.79 Å². The van der Waals surface area contributed by atoms with Crippen molar-refractivity contribution in [2.24, 2.45) is 5.92 Å². The first-order chi connectivity index (χ1) is 7.46. The zero-order valence-corrected chi connectivity index (χ0v) is 10.1. The molecule has 0 bridgehead atoms.